The third kappa shape index (κ3) is 4.17. The number of nitrogens with one attached hydrogen (secondary N) is 1. The van der Waals surface area contributed by atoms with Crippen molar-refractivity contribution in [3.8, 4) is 0 Å². The van der Waals surface area contributed by atoms with Crippen LogP contribution in [0.5, 0.6) is 0 Å². The van der Waals surface area contributed by atoms with E-state index in [9.17, 15) is 9.00 Å². The van der Waals surface area contributed by atoms with Gasteiger partial charge in [-0.05, 0) is 33.6 Å². The maximum absolute atomic E-state index is 11.3. The van der Waals surface area contributed by atoms with Crippen molar-refractivity contribution in [2.45, 2.75) is 50.5 Å². The Morgan fingerprint density at radius 1 is 1.47 bits per heavy atom. The number of carbonyl (C=O) groups is 1. The molecule has 0 saturated heterocycles. The largest absolute Gasteiger partial charge is 0.444 e. The lowest BCUT2D eigenvalue weighted by molar-refractivity contribution is 0.0480. The van der Waals surface area contributed by atoms with Gasteiger partial charge in [-0.25, -0.2) is 9.00 Å². The molecule has 88 valence electrons. The van der Waals surface area contributed by atoms with Crippen molar-refractivity contribution in [3.63, 3.8) is 0 Å². The summed E-state index contributed by atoms with van der Waals surface area (Å²) in [6.07, 6.45) is 0.625. The minimum Gasteiger partial charge on any atom is -0.444 e. The topological polar surface area (TPSA) is 75.6 Å². The number of amides is 1. The summed E-state index contributed by atoms with van der Waals surface area (Å²) in [7, 11) is 0. The van der Waals surface area contributed by atoms with E-state index in [2.05, 4.69) is 5.32 Å². The molecule has 1 saturated carbocycles. The number of rotatable bonds is 2. The Bertz CT molecular complexity index is 268. The first-order valence-corrected chi connectivity index (χ1v) is 6.04. The number of hydrogen-bond acceptors (Lipinski definition) is 3. The summed E-state index contributed by atoms with van der Waals surface area (Å²) in [5.74, 6) is 0. The summed E-state index contributed by atoms with van der Waals surface area (Å²) < 4.78 is 24.4. The van der Waals surface area contributed by atoms with Gasteiger partial charge in [0.2, 0.25) is 0 Å². The summed E-state index contributed by atoms with van der Waals surface area (Å²) in [4.78, 5) is 11.3. The molecule has 0 aromatic carbocycles. The summed E-state index contributed by atoms with van der Waals surface area (Å²) in [6.45, 7) is 5.37. The summed E-state index contributed by atoms with van der Waals surface area (Å²) >= 11 is -1.77. The first-order chi connectivity index (χ1) is 6.78. The molecule has 1 atom stereocenters. The predicted molar refractivity (Wildman–Crippen MR) is 57.0 cm³/mol. The molecule has 6 heteroatoms. The zero-order chi connectivity index (χ0) is 11.6. The van der Waals surface area contributed by atoms with Gasteiger partial charge < -0.3 is 14.6 Å². The summed E-state index contributed by atoms with van der Waals surface area (Å²) in [5, 5.41) is 2.45. The molecule has 1 aliphatic rings. The molecule has 2 N–H and O–H groups in total. The molecule has 0 aromatic rings. The fourth-order valence-electron chi connectivity index (χ4n) is 1.32. The number of alkyl carbamates (subject to hydrolysis) is 1. The molecule has 1 rings (SSSR count). The highest BCUT2D eigenvalue weighted by Crippen LogP contribution is 2.24. The first kappa shape index (κ1) is 12.4. The van der Waals surface area contributed by atoms with Gasteiger partial charge >= 0.3 is 6.09 Å². The second kappa shape index (κ2) is 4.49. The Morgan fingerprint density at radius 2 is 2.00 bits per heavy atom. The van der Waals surface area contributed by atoms with Crippen molar-refractivity contribution in [2.75, 3.05) is 0 Å². The second-order valence-corrected chi connectivity index (χ2v) is 5.93. The fraction of sp³-hybridized carbons (Fsp3) is 0.889. The molecule has 15 heavy (non-hydrogen) atoms. The normalized spacial score (nSPS) is 27.7. The van der Waals surface area contributed by atoms with Crippen LogP contribution in [0.25, 0.3) is 0 Å². The maximum atomic E-state index is 11.3. The number of carbonyl (C=O) groups excluding carboxylic acids is 1. The van der Waals surface area contributed by atoms with Crippen LogP contribution in [-0.4, -0.2) is 31.7 Å². The van der Waals surface area contributed by atoms with Crippen LogP contribution in [-0.2, 0) is 15.8 Å². The van der Waals surface area contributed by atoms with E-state index in [1.54, 1.807) is 20.8 Å². The highest BCUT2D eigenvalue weighted by Gasteiger charge is 2.35. The van der Waals surface area contributed by atoms with Gasteiger partial charge in [-0.15, -0.1) is 0 Å². The van der Waals surface area contributed by atoms with E-state index in [1.165, 1.54) is 0 Å². The Kier molecular flexibility index (Phi) is 3.72. The molecule has 1 unspecified atom stereocenters. The van der Waals surface area contributed by atoms with Crippen molar-refractivity contribution >= 4 is 17.2 Å². The van der Waals surface area contributed by atoms with E-state index in [0.717, 1.165) is 0 Å². The maximum Gasteiger partial charge on any atom is 0.407 e. The van der Waals surface area contributed by atoms with Crippen LogP contribution in [0.2, 0.25) is 0 Å². The van der Waals surface area contributed by atoms with E-state index >= 15 is 0 Å². The highest BCUT2D eigenvalue weighted by atomic mass is 32.2. The predicted octanol–water partition coefficient (Wildman–Crippen LogP) is 1.26. The van der Waals surface area contributed by atoms with Crippen LogP contribution in [0.3, 0.4) is 0 Å². The first-order valence-electron chi connectivity index (χ1n) is 4.87. The summed E-state index contributed by atoms with van der Waals surface area (Å²) in [6, 6.07) is -0.0269. The van der Waals surface area contributed by atoms with Crippen LogP contribution in [0.15, 0.2) is 0 Å². The molecule has 1 fully saturated rings. The Balaban J connectivity index is 2.22. The zero-order valence-electron chi connectivity index (χ0n) is 9.15. The van der Waals surface area contributed by atoms with E-state index in [0.29, 0.717) is 12.8 Å². The third-order valence-electron chi connectivity index (χ3n) is 2.10. The van der Waals surface area contributed by atoms with Gasteiger partial charge in [0.1, 0.15) is 5.60 Å². The van der Waals surface area contributed by atoms with Crippen molar-refractivity contribution < 1.29 is 18.3 Å². The minimum atomic E-state index is -1.77. The van der Waals surface area contributed by atoms with Gasteiger partial charge in [0, 0.05) is 6.04 Å². The quantitative estimate of drug-likeness (QED) is 0.707. The van der Waals surface area contributed by atoms with Crippen molar-refractivity contribution in [3.05, 3.63) is 0 Å². The van der Waals surface area contributed by atoms with Gasteiger partial charge in [0.25, 0.3) is 0 Å². The molecule has 1 amide bonds. The SMILES string of the molecule is CC(C)(C)OC(=O)NC1CC(S(=O)O)C1. The van der Waals surface area contributed by atoms with Gasteiger partial charge in [0.05, 0.1) is 5.25 Å². The van der Waals surface area contributed by atoms with Crippen molar-refractivity contribution in [1.82, 2.24) is 5.32 Å². The molecule has 0 spiro atoms. The Hall–Kier alpha value is -0.620. The minimum absolute atomic E-state index is 0.0269. The van der Waals surface area contributed by atoms with Crippen LogP contribution in [0.4, 0.5) is 4.79 Å². The van der Waals surface area contributed by atoms with Gasteiger partial charge in [-0.1, -0.05) is 0 Å². The van der Waals surface area contributed by atoms with E-state index < -0.39 is 22.8 Å². The second-order valence-electron chi connectivity index (χ2n) is 4.71. The lowest BCUT2D eigenvalue weighted by Crippen LogP contribution is -2.49. The van der Waals surface area contributed by atoms with Crippen molar-refractivity contribution in [2.24, 2.45) is 0 Å². The molecular weight excluding hydrogens is 218 g/mol. The van der Waals surface area contributed by atoms with E-state index in [1.807, 2.05) is 0 Å². The Morgan fingerprint density at radius 3 is 2.40 bits per heavy atom. The average Bonchev–Trinajstić information content (AvgIpc) is 1.91. The number of ether oxygens (including phenoxy) is 1. The molecule has 1 aliphatic carbocycles. The highest BCUT2D eigenvalue weighted by molar-refractivity contribution is 7.79. The molecular formula is C9H17NO4S. The smallest absolute Gasteiger partial charge is 0.407 e. The monoisotopic (exact) mass is 235 g/mol. The molecule has 0 aromatic heterocycles. The molecule has 5 nitrogen and oxygen atoms in total. The Labute approximate surface area is 91.9 Å². The molecule has 0 bridgehead atoms. The fourth-order valence-corrected chi connectivity index (χ4v) is 2.12. The third-order valence-corrected chi connectivity index (χ3v) is 3.06. The van der Waals surface area contributed by atoms with Crippen LogP contribution in [0.1, 0.15) is 33.6 Å². The van der Waals surface area contributed by atoms with Crippen LogP contribution < -0.4 is 5.32 Å². The van der Waals surface area contributed by atoms with Crippen molar-refractivity contribution in [1.29, 1.82) is 0 Å². The standard InChI is InChI=1S/C9H17NO4S/c1-9(2,3)14-8(11)10-6-4-7(5-6)15(12)13/h6-7H,4-5H2,1-3H3,(H,10,11)(H,12,13). The average molecular weight is 235 g/mol. The summed E-state index contributed by atoms with van der Waals surface area (Å²) in [5.41, 5.74) is -0.507. The van der Waals surface area contributed by atoms with Crippen LogP contribution >= 0.6 is 0 Å². The molecule has 0 radical (unpaired) electrons. The van der Waals surface area contributed by atoms with Crippen LogP contribution in [0, 0.1) is 0 Å². The van der Waals surface area contributed by atoms with E-state index in [4.69, 9.17) is 9.29 Å². The lowest BCUT2D eigenvalue weighted by Gasteiger charge is -2.33. The lowest BCUT2D eigenvalue weighted by atomic mass is 9.92. The van der Waals surface area contributed by atoms with Gasteiger partial charge in [-0.3, -0.25) is 0 Å². The zero-order valence-corrected chi connectivity index (χ0v) is 9.97. The molecule has 0 heterocycles. The van der Waals surface area contributed by atoms with Gasteiger partial charge in [0.15, 0.2) is 11.1 Å². The van der Waals surface area contributed by atoms with Gasteiger partial charge in [-0.2, -0.15) is 0 Å². The number of hydrogen-bond donors (Lipinski definition) is 2. The molecule has 0 aliphatic heterocycles. The van der Waals surface area contributed by atoms with E-state index in [-0.39, 0.29) is 11.3 Å².